The molecule has 0 atom stereocenters. The second-order valence-corrected chi connectivity index (χ2v) is 6.23. The quantitative estimate of drug-likeness (QED) is 0.590. The first-order valence-corrected chi connectivity index (χ1v) is 8.27. The summed E-state index contributed by atoms with van der Waals surface area (Å²) in [6.07, 6.45) is 3.21. The van der Waals surface area contributed by atoms with E-state index in [4.69, 9.17) is 4.74 Å². The number of nitrogens with zero attached hydrogens (tertiary/aromatic N) is 1. The Balaban J connectivity index is 1.69. The van der Waals surface area contributed by atoms with Crippen molar-refractivity contribution >= 4 is 17.9 Å². The fourth-order valence-corrected chi connectivity index (χ4v) is 2.59. The summed E-state index contributed by atoms with van der Waals surface area (Å²) in [5.41, 5.74) is 3.81. The van der Waals surface area contributed by atoms with Crippen molar-refractivity contribution in [1.29, 1.82) is 0 Å². The largest absolute Gasteiger partial charge is 0.407 e. The SMILES string of the molecule is CC(C)c1ccc(/C=C2/N=C(CCc3ccccc3)OC2=O)cc1. The Kier molecular flexibility index (Phi) is 4.90. The van der Waals surface area contributed by atoms with Gasteiger partial charge in [-0.25, -0.2) is 9.79 Å². The Morgan fingerprint density at radius 1 is 1.00 bits per heavy atom. The van der Waals surface area contributed by atoms with Gasteiger partial charge >= 0.3 is 5.97 Å². The second kappa shape index (κ2) is 7.26. The van der Waals surface area contributed by atoms with Gasteiger partial charge in [0.1, 0.15) is 0 Å². The Bertz CT molecular complexity index is 771. The van der Waals surface area contributed by atoms with Crippen LogP contribution < -0.4 is 0 Å². The van der Waals surface area contributed by atoms with E-state index in [1.54, 1.807) is 6.08 Å². The topological polar surface area (TPSA) is 38.7 Å². The number of hydrogen-bond acceptors (Lipinski definition) is 3. The molecule has 3 heteroatoms. The normalized spacial score (nSPS) is 15.7. The molecule has 2 aromatic carbocycles. The molecule has 1 aliphatic heterocycles. The molecule has 0 saturated carbocycles. The van der Waals surface area contributed by atoms with Crippen LogP contribution in [-0.4, -0.2) is 11.9 Å². The number of rotatable bonds is 5. The number of ether oxygens (including phenoxy) is 1. The van der Waals surface area contributed by atoms with Gasteiger partial charge in [0.25, 0.3) is 0 Å². The number of aryl methyl sites for hydroxylation is 1. The third-order valence-corrected chi connectivity index (χ3v) is 4.04. The molecule has 0 N–H and O–H groups in total. The molecule has 0 fully saturated rings. The molecule has 0 spiro atoms. The van der Waals surface area contributed by atoms with Crippen molar-refractivity contribution in [3.05, 3.63) is 77.0 Å². The third-order valence-electron chi connectivity index (χ3n) is 4.04. The number of carbonyl (C=O) groups is 1. The maximum absolute atomic E-state index is 12.0. The summed E-state index contributed by atoms with van der Waals surface area (Å²) < 4.78 is 5.27. The summed E-state index contributed by atoms with van der Waals surface area (Å²) in [4.78, 5) is 16.3. The number of aliphatic imine (C=N–C) groups is 1. The summed E-state index contributed by atoms with van der Waals surface area (Å²) in [5.74, 6) is 0.616. The van der Waals surface area contributed by atoms with Gasteiger partial charge in [0.05, 0.1) is 0 Å². The number of benzene rings is 2. The van der Waals surface area contributed by atoms with Crippen LogP contribution in [0.1, 0.15) is 42.9 Å². The van der Waals surface area contributed by atoms with E-state index in [0.29, 0.717) is 23.9 Å². The monoisotopic (exact) mass is 319 g/mol. The molecule has 3 nitrogen and oxygen atoms in total. The van der Waals surface area contributed by atoms with E-state index in [2.05, 4.69) is 43.1 Å². The Hall–Kier alpha value is -2.68. The molecule has 24 heavy (non-hydrogen) atoms. The van der Waals surface area contributed by atoms with Crippen LogP contribution in [-0.2, 0) is 16.0 Å². The predicted molar refractivity (Wildman–Crippen MR) is 96.8 cm³/mol. The zero-order valence-corrected chi connectivity index (χ0v) is 14.0. The molecule has 2 aromatic rings. The van der Waals surface area contributed by atoms with Crippen LogP contribution in [0.4, 0.5) is 0 Å². The minimum atomic E-state index is -0.369. The van der Waals surface area contributed by atoms with Gasteiger partial charge < -0.3 is 4.74 Å². The number of cyclic esters (lactones) is 1. The van der Waals surface area contributed by atoms with E-state index in [0.717, 1.165) is 12.0 Å². The lowest BCUT2D eigenvalue weighted by molar-refractivity contribution is -0.130. The highest BCUT2D eigenvalue weighted by molar-refractivity contribution is 6.07. The van der Waals surface area contributed by atoms with Crippen molar-refractivity contribution in [2.24, 2.45) is 4.99 Å². The van der Waals surface area contributed by atoms with Crippen LogP contribution in [0.25, 0.3) is 6.08 Å². The minimum absolute atomic E-state index is 0.369. The molecule has 0 unspecified atom stereocenters. The lowest BCUT2D eigenvalue weighted by atomic mass is 10.0. The van der Waals surface area contributed by atoms with Crippen LogP contribution in [0, 0.1) is 0 Å². The van der Waals surface area contributed by atoms with Crippen LogP contribution in [0.2, 0.25) is 0 Å². The number of esters is 1. The van der Waals surface area contributed by atoms with Crippen molar-refractivity contribution in [2.45, 2.75) is 32.6 Å². The summed E-state index contributed by atoms with van der Waals surface area (Å²) in [5, 5.41) is 0. The highest BCUT2D eigenvalue weighted by atomic mass is 16.6. The first-order valence-electron chi connectivity index (χ1n) is 8.27. The second-order valence-electron chi connectivity index (χ2n) is 6.23. The molecule has 0 saturated heterocycles. The fraction of sp³-hybridized carbons (Fsp3) is 0.238. The first kappa shape index (κ1) is 16.2. The van der Waals surface area contributed by atoms with Crippen molar-refractivity contribution in [1.82, 2.24) is 0 Å². The molecule has 0 radical (unpaired) electrons. The van der Waals surface area contributed by atoms with Crippen LogP contribution in [0.5, 0.6) is 0 Å². The van der Waals surface area contributed by atoms with E-state index in [-0.39, 0.29) is 5.97 Å². The van der Waals surface area contributed by atoms with Crippen LogP contribution in [0.3, 0.4) is 0 Å². The van der Waals surface area contributed by atoms with Gasteiger partial charge in [0.2, 0.25) is 0 Å². The Morgan fingerprint density at radius 3 is 2.38 bits per heavy atom. The van der Waals surface area contributed by atoms with E-state index in [1.807, 2.05) is 30.3 Å². The first-order chi connectivity index (χ1) is 11.6. The van der Waals surface area contributed by atoms with Gasteiger partial charge in [-0.15, -0.1) is 0 Å². The summed E-state index contributed by atoms with van der Waals surface area (Å²) in [6, 6.07) is 18.3. The van der Waals surface area contributed by atoms with Crippen molar-refractivity contribution in [3.8, 4) is 0 Å². The predicted octanol–water partition coefficient (Wildman–Crippen LogP) is 4.74. The lowest BCUT2D eigenvalue weighted by Gasteiger charge is -2.04. The molecule has 0 aliphatic carbocycles. The van der Waals surface area contributed by atoms with Gasteiger partial charge in [0, 0.05) is 6.42 Å². The number of carbonyl (C=O) groups excluding carboxylic acids is 1. The van der Waals surface area contributed by atoms with E-state index in [1.165, 1.54) is 11.1 Å². The molecule has 1 aliphatic rings. The third kappa shape index (κ3) is 3.99. The van der Waals surface area contributed by atoms with Crippen LogP contribution in [0.15, 0.2) is 65.3 Å². The Labute approximate surface area is 142 Å². The average Bonchev–Trinajstić information content (AvgIpc) is 2.94. The van der Waals surface area contributed by atoms with Crippen molar-refractivity contribution in [3.63, 3.8) is 0 Å². The average molecular weight is 319 g/mol. The van der Waals surface area contributed by atoms with Gasteiger partial charge in [-0.3, -0.25) is 0 Å². The van der Waals surface area contributed by atoms with Crippen molar-refractivity contribution < 1.29 is 9.53 Å². The highest BCUT2D eigenvalue weighted by Crippen LogP contribution is 2.20. The van der Waals surface area contributed by atoms with E-state index >= 15 is 0 Å². The molecule has 0 amide bonds. The van der Waals surface area contributed by atoms with Crippen molar-refractivity contribution in [2.75, 3.05) is 0 Å². The summed E-state index contributed by atoms with van der Waals surface area (Å²) >= 11 is 0. The maximum atomic E-state index is 12.0. The molecule has 122 valence electrons. The highest BCUT2D eigenvalue weighted by Gasteiger charge is 2.22. The fourth-order valence-electron chi connectivity index (χ4n) is 2.59. The standard InChI is InChI=1S/C21H21NO2/c1-15(2)18-11-8-17(9-12-18)14-19-21(23)24-20(22-19)13-10-16-6-4-3-5-7-16/h3-9,11-12,14-15H,10,13H2,1-2H3/b19-14+. The maximum Gasteiger partial charge on any atom is 0.363 e. The van der Waals surface area contributed by atoms with Crippen LogP contribution >= 0.6 is 0 Å². The molecule has 0 aromatic heterocycles. The van der Waals surface area contributed by atoms with E-state index in [9.17, 15) is 4.79 Å². The molecular formula is C21H21NO2. The zero-order chi connectivity index (χ0) is 16.9. The molecular weight excluding hydrogens is 298 g/mol. The Morgan fingerprint density at radius 2 is 1.71 bits per heavy atom. The van der Waals surface area contributed by atoms with Gasteiger partial charge in [-0.05, 0) is 35.1 Å². The molecule has 3 rings (SSSR count). The molecule has 0 bridgehead atoms. The zero-order valence-electron chi connectivity index (χ0n) is 14.0. The minimum Gasteiger partial charge on any atom is -0.407 e. The number of hydrogen-bond donors (Lipinski definition) is 0. The van der Waals surface area contributed by atoms with E-state index < -0.39 is 0 Å². The van der Waals surface area contributed by atoms with Gasteiger partial charge in [-0.2, -0.15) is 0 Å². The van der Waals surface area contributed by atoms with Gasteiger partial charge in [0.15, 0.2) is 11.6 Å². The smallest absolute Gasteiger partial charge is 0.363 e. The summed E-state index contributed by atoms with van der Waals surface area (Å²) in [7, 11) is 0. The molecule has 1 heterocycles. The van der Waals surface area contributed by atoms with Gasteiger partial charge in [-0.1, -0.05) is 68.4 Å². The lowest BCUT2D eigenvalue weighted by Crippen LogP contribution is -2.05. The summed E-state index contributed by atoms with van der Waals surface area (Å²) in [6.45, 7) is 4.32.